The summed E-state index contributed by atoms with van der Waals surface area (Å²) in [6.45, 7) is 2.88. The van der Waals surface area contributed by atoms with Crippen molar-refractivity contribution < 1.29 is 29.1 Å². The molecule has 9 nitrogen and oxygen atoms in total. The number of nitrogens with zero attached hydrogens (tertiary/aromatic N) is 1. The number of hydrogen-bond donors (Lipinski definition) is 3. The van der Waals surface area contributed by atoms with E-state index >= 15 is 0 Å². The fourth-order valence-corrected chi connectivity index (χ4v) is 5.52. The third-order valence-corrected chi connectivity index (χ3v) is 7.47. The molecule has 186 valence electrons. The van der Waals surface area contributed by atoms with Crippen LogP contribution in [0.2, 0.25) is 0 Å². The van der Waals surface area contributed by atoms with Gasteiger partial charge in [-0.3, -0.25) is 14.8 Å². The Labute approximate surface area is 200 Å². The molecule has 0 spiro atoms. The number of hydrogen-bond acceptors (Lipinski definition) is 6. The van der Waals surface area contributed by atoms with Gasteiger partial charge in [0.25, 0.3) is 0 Å². The number of carbonyl (C=O) groups is 3. The standard InChI is InChI=1S/C25H35N3O6/c29-23(27-32)22-14-17(15-26-25(31)34-20-9-12-33-13-10-20)6-7-21(22)24(30)28-11-8-19(16-28)18-4-2-1-3-5-18/h1-5,17,19-22,32H,6-16H2,(H,26,31)(H,27,29)/t17?,19-,21-,22-/m0/s1. The maximum atomic E-state index is 13.4. The molecule has 0 radical (unpaired) electrons. The van der Waals surface area contributed by atoms with Crippen molar-refractivity contribution >= 4 is 17.9 Å². The van der Waals surface area contributed by atoms with Gasteiger partial charge in [-0.15, -0.1) is 0 Å². The monoisotopic (exact) mass is 473 g/mol. The van der Waals surface area contributed by atoms with Crippen LogP contribution in [0.15, 0.2) is 30.3 Å². The Balaban J connectivity index is 1.30. The van der Waals surface area contributed by atoms with Crippen LogP contribution in [0.3, 0.4) is 0 Å². The number of carbonyl (C=O) groups excluding carboxylic acids is 3. The van der Waals surface area contributed by atoms with Gasteiger partial charge < -0.3 is 19.7 Å². The number of ether oxygens (including phenoxy) is 2. The predicted molar refractivity (Wildman–Crippen MR) is 123 cm³/mol. The van der Waals surface area contributed by atoms with Gasteiger partial charge in [0.15, 0.2) is 0 Å². The molecule has 1 aromatic carbocycles. The minimum absolute atomic E-state index is 0.0163. The third kappa shape index (κ3) is 6.07. The van der Waals surface area contributed by atoms with Crippen LogP contribution in [0.25, 0.3) is 0 Å². The van der Waals surface area contributed by atoms with Crippen LogP contribution in [-0.2, 0) is 19.1 Å². The Morgan fingerprint density at radius 1 is 1.03 bits per heavy atom. The number of benzene rings is 1. The van der Waals surface area contributed by atoms with Crippen molar-refractivity contribution in [1.82, 2.24) is 15.7 Å². The summed E-state index contributed by atoms with van der Waals surface area (Å²) >= 11 is 0. The Kier molecular flexibility index (Phi) is 8.39. The van der Waals surface area contributed by atoms with Crippen LogP contribution in [0.1, 0.15) is 50.0 Å². The van der Waals surface area contributed by atoms with E-state index in [1.807, 2.05) is 23.1 Å². The number of rotatable bonds is 6. The lowest BCUT2D eigenvalue weighted by Crippen LogP contribution is -2.47. The second-order valence-electron chi connectivity index (χ2n) is 9.65. The van der Waals surface area contributed by atoms with E-state index in [-0.39, 0.29) is 17.9 Å². The molecule has 4 atom stereocenters. The topological polar surface area (TPSA) is 117 Å². The molecule has 3 N–H and O–H groups in total. The molecule has 1 aliphatic carbocycles. The number of amides is 3. The first-order valence-corrected chi connectivity index (χ1v) is 12.3. The molecule has 2 aliphatic heterocycles. The molecule has 3 fully saturated rings. The van der Waals surface area contributed by atoms with E-state index in [2.05, 4.69) is 17.4 Å². The Morgan fingerprint density at radius 3 is 2.53 bits per heavy atom. The second kappa shape index (κ2) is 11.7. The highest BCUT2D eigenvalue weighted by molar-refractivity contribution is 5.87. The fraction of sp³-hybridized carbons (Fsp3) is 0.640. The molecule has 1 saturated carbocycles. The van der Waals surface area contributed by atoms with Gasteiger partial charge >= 0.3 is 6.09 Å². The lowest BCUT2D eigenvalue weighted by Gasteiger charge is -2.36. The summed E-state index contributed by atoms with van der Waals surface area (Å²) < 4.78 is 10.7. The van der Waals surface area contributed by atoms with E-state index < -0.39 is 23.8 Å². The van der Waals surface area contributed by atoms with Crippen LogP contribution in [-0.4, -0.2) is 67.0 Å². The Morgan fingerprint density at radius 2 is 1.79 bits per heavy atom. The smallest absolute Gasteiger partial charge is 0.407 e. The van der Waals surface area contributed by atoms with Gasteiger partial charge in [0, 0.05) is 44.3 Å². The SMILES string of the molecule is O=C(NCC1CC[C@H](C(=O)N2CC[C@H](c3ccccc3)C2)[C@@H](C(=O)NO)C1)OC1CCOCC1. The van der Waals surface area contributed by atoms with Gasteiger partial charge in [0.2, 0.25) is 11.8 Å². The highest BCUT2D eigenvalue weighted by atomic mass is 16.6. The largest absolute Gasteiger partial charge is 0.446 e. The summed E-state index contributed by atoms with van der Waals surface area (Å²) in [6.07, 6.45) is 3.40. The maximum Gasteiger partial charge on any atom is 0.407 e. The predicted octanol–water partition coefficient (Wildman–Crippen LogP) is 2.45. The van der Waals surface area contributed by atoms with Crippen LogP contribution < -0.4 is 10.8 Å². The van der Waals surface area contributed by atoms with Gasteiger partial charge in [0.05, 0.1) is 19.1 Å². The number of nitrogens with one attached hydrogen (secondary N) is 2. The first-order valence-electron chi connectivity index (χ1n) is 12.3. The minimum Gasteiger partial charge on any atom is -0.446 e. The van der Waals surface area contributed by atoms with Gasteiger partial charge in [-0.2, -0.15) is 0 Å². The van der Waals surface area contributed by atoms with Gasteiger partial charge in [-0.1, -0.05) is 30.3 Å². The van der Waals surface area contributed by atoms with Crippen molar-refractivity contribution in [2.75, 3.05) is 32.8 Å². The molecule has 3 aliphatic rings. The van der Waals surface area contributed by atoms with Crippen LogP contribution >= 0.6 is 0 Å². The summed E-state index contributed by atoms with van der Waals surface area (Å²) in [5, 5.41) is 12.1. The second-order valence-corrected chi connectivity index (χ2v) is 9.65. The summed E-state index contributed by atoms with van der Waals surface area (Å²) in [4.78, 5) is 39.9. The molecule has 0 bridgehead atoms. The van der Waals surface area contributed by atoms with Gasteiger partial charge in [-0.25, -0.2) is 10.3 Å². The van der Waals surface area contributed by atoms with E-state index in [9.17, 15) is 19.6 Å². The lowest BCUT2D eigenvalue weighted by molar-refractivity contribution is -0.147. The van der Waals surface area contributed by atoms with Crippen molar-refractivity contribution in [2.45, 2.75) is 50.5 Å². The third-order valence-electron chi connectivity index (χ3n) is 7.47. The average Bonchev–Trinajstić information content (AvgIpc) is 3.38. The fourth-order valence-electron chi connectivity index (χ4n) is 5.52. The zero-order chi connectivity index (χ0) is 23.9. The van der Waals surface area contributed by atoms with Gasteiger partial charge in [0.1, 0.15) is 6.10 Å². The summed E-state index contributed by atoms with van der Waals surface area (Å²) in [5.74, 6) is -1.31. The minimum atomic E-state index is -0.625. The lowest BCUT2D eigenvalue weighted by atomic mass is 9.73. The van der Waals surface area contributed by atoms with Gasteiger partial charge in [-0.05, 0) is 37.2 Å². The maximum absolute atomic E-state index is 13.4. The zero-order valence-corrected chi connectivity index (χ0v) is 19.5. The molecule has 0 aromatic heterocycles. The van der Waals surface area contributed by atoms with E-state index in [0.29, 0.717) is 64.4 Å². The molecular weight excluding hydrogens is 438 g/mol. The molecule has 2 heterocycles. The molecule has 9 heteroatoms. The normalized spacial score (nSPS) is 27.7. The number of alkyl carbamates (subject to hydrolysis) is 1. The van der Waals surface area contributed by atoms with Crippen molar-refractivity contribution in [3.05, 3.63) is 35.9 Å². The first kappa shape index (κ1) is 24.5. The van der Waals surface area contributed by atoms with Crippen molar-refractivity contribution in [3.8, 4) is 0 Å². The molecule has 1 unspecified atom stereocenters. The zero-order valence-electron chi connectivity index (χ0n) is 19.5. The number of hydroxylamine groups is 1. The molecular formula is C25H35N3O6. The molecule has 4 rings (SSSR count). The average molecular weight is 474 g/mol. The molecule has 2 saturated heterocycles. The van der Waals surface area contributed by atoms with E-state index in [1.165, 1.54) is 5.56 Å². The van der Waals surface area contributed by atoms with Crippen molar-refractivity contribution in [2.24, 2.45) is 17.8 Å². The highest BCUT2D eigenvalue weighted by Crippen LogP contribution is 2.37. The van der Waals surface area contributed by atoms with Crippen molar-refractivity contribution in [3.63, 3.8) is 0 Å². The molecule has 34 heavy (non-hydrogen) atoms. The Bertz CT molecular complexity index is 844. The quantitative estimate of drug-likeness (QED) is 0.432. The van der Waals surface area contributed by atoms with E-state index in [4.69, 9.17) is 9.47 Å². The van der Waals surface area contributed by atoms with Crippen LogP contribution in [0.4, 0.5) is 4.79 Å². The summed E-state index contributed by atoms with van der Waals surface area (Å²) in [5.41, 5.74) is 2.98. The summed E-state index contributed by atoms with van der Waals surface area (Å²) in [6, 6.07) is 10.2. The van der Waals surface area contributed by atoms with Crippen LogP contribution in [0.5, 0.6) is 0 Å². The molecule has 3 amide bonds. The first-order chi connectivity index (χ1) is 16.5. The van der Waals surface area contributed by atoms with Crippen molar-refractivity contribution in [1.29, 1.82) is 0 Å². The van der Waals surface area contributed by atoms with E-state index in [0.717, 1.165) is 12.8 Å². The van der Waals surface area contributed by atoms with Crippen LogP contribution in [0, 0.1) is 17.8 Å². The van der Waals surface area contributed by atoms with E-state index in [1.54, 1.807) is 5.48 Å². The Hall–Kier alpha value is -2.65. The number of likely N-dealkylation sites (tertiary alicyclic amines) is 1. The molecule has 1 aromatic rings. The summed E-state index contributed by atoms with van der Waals surface area (Å²) in [7, 11) is 0. The highest BCUT2D eigenvalue weighted by Gasteiger charge is 2.42.